The molecule has 0 bridgehead atoms. The van der Waals surface area contributed by atoms with Gasteiger partial charge in [0.1, 0.15) is 12.4 Å². The second-order valence-electron chi connectivity index (χ2n) is 3.29. The van der Waals surface area contributed by atoms with E-state index in [0.29, 0.717) is 16.9 Å². The van der Waals surface area contributed by atoms with Crippen LogP contribution < -0.4 is 10.5 Å². The van der Waals surface area contributed by atoms with Gasteiger partial charge in [-0.3, -0.25) is 4.79 Å². The van der Waals surface area contributed by atoms with Crippen molar-refractivity contribution in [2.75, 3.05) is 13.7 Å². The molecule has 16 heavy (non-hydrogen) atoms. The van der Waals surface area contributed by atoms with Crippen LogP contribution in [0, 0.1) is 0 Å². The van der Waals surface area contributed by atoms with Gasteiger partial charge in [-0.15, -0.1) is 0 Å². The highest BCUT2D eigenvalue weighted by atomic mass is 19.1. The van der Waals surface area contributed by atoms with Crippen LogP contribution in [0.5, 0.6) is 5.75 Å². The molecule has 1 aromatic rings. The van der Waals surface area contributed by atoms with Crippen LogP contribution in [0.3, 0.4) is 0 Å². The number of carboxylic acid groups (broad SMARTS) is 1. The number of alkyl halides is 1. The molecule has 5 heteroatoms. The molecule has 1 aromatic carbocycles. The van der Waals surface area contributed by atoms with Gasteiger partial charge >= 0.3 is 5.97 Å². The van der Waals surface area contributed by atoms with Crippen LogP contribution in [-0.2, 0) is 11.5 Å². The van der Waals surface area contributed by atoms with Gasteiger partial charge < -0.3 is 15.6 Å². The summed E-state index contributed by atoms with van der Waals surface area (Å²) in [5, 5.41) is 9.01. The summed E-state index contributed by atoms with van der Waals surface area (Å²) < 4.78 is 17.8. The second kappa shape index (κ2) is 5.46. The van der Waals surface area contributed by atoms with Crippen LogP contribution in [0.2, 0.25) is 0 Å². The molecule has 0 spiro atoms. The van der Waals surface area contributed by atoms with Crippen molar-refractivity contribution in [2.24, 2.45) is 5.73 Å². The number of carbonyl (C=O) groups is 1. The molecule has 1 rings (SSSR count). The van der Waals surface area contributed by atoms with Gasteiger partial charge in [-0.1, -0.05) is 12.1 Å². The number of halogens is 1. The SMILES string of the molecule is COc1cccc(CF)c1C(CN)C(=O)O. The van der Waals surface area contributed by atoms with Gasteiger partial charge in [0.05, 0.1) is 13.0 Å². The van der Waals surface area contributed by atoms with Crippen LogP contribution in [0.1, 0.15) is 17.0 Å². The first-order valence-electron chi connectivity index (χ1n) is 4.80. The Morgan fingerprint density at radius 3 is 2.75 bits per heavy atom. The molecule has 0 aliphatic heterocycles. The third-order valence-electron chi connectivity index (χ3n) is 2.40. The Bertz CT molecular complexity index is 359. The summed E-state index contributed by atoms with van der Waals surface area (Å²) in [6, 6.07) is 4.75. The van der Waals surface area contributed by atoms with E-state index < -0.39 is 18.6 Å². The summed E-state index contributed by atoms with van der Waals surface area (Å²) in [7, 11) is 1.41. The van der Waals surface area contributed by atoms with Crippen molar-refractivity contribution in [1.29, 1.82) is 0 Å². The fourth-order valence-electron chi connectivity index (χ4n) is 1.62. The van der Waals surface area contributed by atoms with Gasteiger partial charge in [-0.2, -0.15) is 0 Å². The third-order valence-corrected chi connectivity index (χ3v) is 2.40. The Kier molecular flexibility index (Phi) is 4.25. The van der Waals surface area contributed by atoms with Gasteiger partial charge in [0.2, 0.25) is 0 Å². The monoisotopic (exact) mass is 227 g/mol. The maximum Gasteiger partial charge on any atom is 0.312 e. The van der Waals surface area contributed by atoms with E-state index in [2.05, 4.69) is 0 Å². The van der Waals surface area contributed by atoms with E-state index in [1.807, 2.05) is 0 Å². The molecular weight excluding hydrogens is 213 g/mol. The van der Waals surface area contributed by atoms with E-state index in [9.17, 15) is 9.18 Å². The quantitative estimate of drug-likeness (QED) is 0.795. The number of carboxylic acids is 1. The summed E-state index contributed by atoms with van der Waals surface area (Å²) in [6.07, 6.45) is 0. The van der Waals surface area contributed by atoms with Crippen molar-refractivity contribution < 1.29 is 19.0 Å². The Morgan fingerprint density at radius 1 is 1.62 bits per heavy atom. The molecule has 0 heterocycles. The molecule has 0 saturated heterocycles. The highest BCUT2D eigenvalue weighted by Crippen LogP contribution is 2.30. The number of ether oxygens (including phenoxy) is 1. The van der Waals surface area contributed by atoms with Gasteiger partial charge in [0, 0.05) is 12.1 Å². The molecule has 88 valence electrons. The first-order valence-corrected chi connectivity index (χ1v) is 4.80. The number of rotatable bonds is 5. The van der Waals surface area contributed by atoms with Crippen molar-refractivity contribution in [3.63, 3.8) is 0 Å². The van der Waals surface area contributed by atoms with Gasteiger partial charge in [-0.05, 0) is 11.6 Å². The fraction of sp³-hybridized carbons (Fsp3) is 0.364. The lowest BCUT2D eigenvalue weighted by Gasteiger charge is -2.17. The predicted molar refractivity (Wildman–Crippen MR) is 57.2 cm³/mol. The average Bonchev–Trinajstić information content (AvgIpc) is 2.29. The molecular formula is C11H14FNO3. The van der Waals surface area contributed by atoms with Crippen molar-refractivity contribution in [3.05, 3.63) is 29.3 Å². The molecule has 1 unspecified atom stereocenters. The number of methoxy groups -OCH3 is 1. The normalized spacial score (nSPS) is 12.2. The standard InChI is InChI=1S/C11H14FNO3/c1-16-9-4-2-3-7(5-12)10(9)8(6-13)11(14)15/h2-4,8H,5-6,13H2,1H3,(H,14,15). The first-order chi connectivity index (χ1) is 7.65. The van der Waals surface area contributed by atoms with E-state index in [4.69, 9.17) is 15.6 Å². The zero-order chi connectivity index (χ0) is 12.1. The van der Waals surface area contributed by atoms with E-state index in [1.54, 1.807) is 12.1 Å². The molecule has 0 aliphatic rings. The fourth-order valence-corrected chi connectivity index (χ4v) is 1.62. The van der Waals surface area contributed by atoms with Gasteiger partial charge in [-0.25, -0.2) is 4.39 Å². The van der Waals surface area contributed by atoms with E-state index in [0.717, 1.165) is 0 Å². The highest BCUT2D eigenvalue weighted by molar-refractivity contribution is 5.78. The number of hydrogen-bond donors (Lipinski definition) is 2. The molecule has 0 aromatic heterocycles. The Morgan fingerprint density at radius 2 is 2.31 bits per heavy atom. The summed E-state index contributed by atoms with van der Waals surface area (Å²) in [4.78, 5) is 11.0. The number of hydrogen-bond acceptors (Lipinski definition) is 3. The van der Waals surface area contributed by atoms with Crippen LogP contribution in [-0.4, -0.2) is 24.7 Å². The van der Waals surface area contributed by atoms with E-state index in [1.165, 1.54) is 13.2 Å². The minimum atomic E-state index is -1.08. The number of benzene rings is 1. The van der Waals surface area contributed by atoms with Crippen LogP contribution in [0.25, 0.3) is 0 Å². The summed E-state index contributed by atoms with van der Waals surface area (Å²) in [5.41, 5.74) is 6.02. The van der Waals surface area contributed by atoms with Crippen molar-refractivity contribution in [3.8, 4) is 5.75 Å². The lowest BCUT2D eigenvalue weighted by molar-refractivity contribution is -0.138. The molecule has 0 radical (unpaired) electrons. The second-order valence-corrected chi connectivity index (χ2v) is 3.29. The van der Waals surface area contributed by atoms with Crippen molar-refractivity contribution in [2.45, 2.75) is 12.6 Å². The van der Waals surface area contributed by atoms with Gasteiger partial charge in [0.25, 0.3) is 0 Å². The molecule has 3 N–H and O–H groups in total. The Balaban J connectivity index is 3.31. The minimum absolute atomic E-state index is 0.0945. The van der Waals surface area contributed by atoms with Crippen LogP contribution in [0.15, 0.2) is 18.2 Å². The molecule has 4 nitrogen and oxygen atoms in total. The largest absolute Gasteiger partial charge is 0.496 e. The van der Waals surface area contributed by atoms with Crippen LogP contribution >= 0.6 is 0 Å². The molecule has 0 amide bonds. The Labute approximate surface area is 92.8 Å². The maximum atomic E-state index is 12.8. The first kappa shape index (κ1) is 12.4. The predicted octanol–water partition coefficient (Wildman–Crippen LogP) is 1.29. The summed E-state index contributed by atoms with van der Waals surface area (Å²) in [5.74, 6) is -1.67. The Hall–Kier alpha value is -1.62. The van der Waals surface area contributed by atoms with Crippen molar-refractivity contribution in [1.82, 2.24) is 0 Å². The summed E-state index contributed by atoms with van der Waals surface area (Å²) in [6.45, 7) is -0.834. The molecule has 0 fully saturated rings. The van der Waals surface area contributed by atoms with Crippen molar-refractivity contribution >= 4 is 5.97 Å². The lowest BCUT2D eigenvalue weighted by atomic mass is 9.93. The highest BCUT2D eigenvalue weighted by Gasteiger charge is 2.24. The topological polar surface area (TPSA) is 72.5 Å². The maximum absolute atomic E-state index is 12.8. The summed E-state index contributed by atoms with van der Waals surface area (Å²) >= 11 is 0. The molecule has 0 saturated carbocycles. The molecule has 0 aliphatic carbocycles. The lowest BCUT2D eigenvalue weighted by Crippen LogP contribution is -2.23. The number of nitrogens with two attached hydrogens (primary N) is 1. The number of aliphatic carboxylic acids is 1. The third kappa shape index (κ3) is 2.30. The van der Waals surface area contributed by atoms with Crippen LogP contribution in [0.4, 0.5) is 4.39 Å². The zero-order valence-corrected chi connectivity index (χ0v) is 8.94. The average molecular weight is 227 g/mol. The zero-order valence-electron chi connectivity index (χ0n) is 8.94. The van der Waals surface area contributed by atoms with E-state index >= 15 is 0 Å². The van der Waals surface area contributed by atoms with E-state index in [-0.39, 0.29) is 6.54 Å². The minimum Gasteiger partial charge on any atom is -0.496 e. The van der Waals surface area contributed by atoms with Gasteiger partial charge in [0.15, 0.2) is 0 Å². The molecule has 1 atom stereocenters. The smallest absolute Gasteiger partial charge is 0.312 e.